The monoisotopic (exact) mass is 230 g/mol. The van der Waals surface area contributed by atoms with Gasteiger partial charge in [0.15, 0.2) is 5.67 Å². The van der Waals surface area contributed by atoms with E-state index in [1.54, 1.807) is 0 Å². The molecule has 0 N–H and O–H groups in total. The smallest absolute Gasteiger partial charge is 0.237 e. The second-order valence-corrected chi connectivity index (χ2v) is 5.40. The molecule has 1 aliphatic rings. The fourth-order valence-corrected chi connectivity index (χ4v) is 2.06. The zero-order valence-electron chi connectivity index (χ0n) is 9.39. The van der Waals surface area contributed by atoms with Gasteiger partial charge in [-0.2, -0.15) is 17.6 Å². The predicted octanol–water partition coefficient (Wildman–Crippen LogP) is 4.05. The van der Waals surface area contributed by atoms with Crippen molar-refractivity contribution < 1.29 is 22.0 Å². The van der Waals surface area contributed by atoms with E-state index in [0.29, 0.717) is 6.92 Å². The van der Waals surface area contributed by atoms with E-state index < -0.39 is 28.3 Å². The Kier molecular flexibility index (Phi) is 2.11. The van der Waals surface area contributed by atoms with Gasteiger partial charge in [0, 0.05) is 10.8 Å². The largest absolute Gasteiger partial charge is 0.344 e. The summed E-state index contributed by atoms with van der Waals surface area (Å²) in [7, 11) is 0. The van der Waals surface area contributed by atoms with Gasteiger partial charge in [0.1, 0.15) is 0 Å². The van der Waals surface area contributed by atoms with Gasteiger partial charge in [-0.15, -0.1) is 0 Å². The molecule has 0 aromatic rings. The molecule has 0 nitrogen and oxygen atoms in total. The molecule has 0 heterocycles. The van der Waals surface area contributed by atoms with Gasteiger partial charge in [0.25, 0.3) is 0 Å². The van der Waals surface area contributed by atoms with E-state index in [4.69, 9.17) is 0 Å². The number of hydrogen-bond donors (Lipinski definition) is 0. The summed E-state index contributed by atoms with van der Waals surface area (Å²) in [6.45, 7) is 4.73. The van der Waals surface area contributed by atoms with Crippen LogP contribution < -0.4 is 0 Å². The summed E-state index contributed by atoms with van der Waals surface area (Å²) in [6, 6.07) is 0. The van der Waals surface area contributed by atoms with Crippen LogP contribution in [0.4, 0.5) is 22.0 Å². The van der Waals surface area contributed by atoms with E-state index in [1.165, 1.54) is 0 Å². The Hall–Kier alpha value is -0.350. The lowest BCUT2D eigenvalue weighted by atomic mass is 9.65. The normalized spacial score (nSPS) is 40.4. The molecular weight excluding hydrogens is 215 g/mol. The van der Waals surface area contributed by atoms with Crippen molar-refractivity contribution in [3.05, 3.63) is 0 Å². The Labute approximate surface area is 85.8 Å². The van der Waals surface area contributed by atoms with Crippen molar-refractivity contribution in [2.45, 2.75) is 52.1 Å². The van der Waals surface area contributed by atoms with Crippen LogP contribution in [0.15, 0.2) is 0 Å². The molecule has 0 bridgehead atoms. The Morgan fingerprint density at radius 3 is 0.933 bits per heavy atom. The van der Waals surface area contributed by atoms with Crippen molar-refractivity contribution in [2.75, 3.05) is 0 Å². The Morgan fingerprint density at radius 2 is 0.867 bits per heavy atom. The number of alkyl halides is 5. The van der Waals surface area contributed by atoms with Crippen molar-refractivity contribution in [1.82, 2.24) is 0 Å². The van der Waals surface area contributed by atoms with E-state index in [2.05, 4.69) is 0 Å². The summed E-state index contributed by atoms with van der Waals surface area (Å²) in [5.41, 5.74) is -7.15. The van der Waals surface area contributed by atoms with Crippen LogP contribution in [0.1, 0.15) is 34.6 Å². The molecule has 0 aromatic carbocycles. The molecule has 0 aromatic heterocycles. The second-order valence-electron chi connectivity index (χ2n) is 5.40. The maximum Gasteiger partial charge on any atom is 0.344 e. The highest BCUT2D eigenvalue weighted by Gasteiger charge is 2.87. The van der Waals surface area contributed by atoms with Gasteiger partial charge in [0.05, 0.1) is 0 Å². The maximum absolute atomic E-state index is 13.9. The van der Waals surface area contributed by atoms with Crippen LogP contribution in [0, 0.1) is 10.8 Å². The van der Waals surface area contributed by atoms with Crippen molar-refractivity contribution >= 4 is 0 Å². The van der Waals surface area contributed by atoms with Crippen LogP contribution in [0.3, 0.4) is 0 Å². The van der Waals surface area contributed by atoms with Crippen LogP contribution in [0.25, 0.3) is 0 Å². The molecular formula is C10H15F5. The highest BCUT2D eigenvalue weighted by Crippen LogP contribution is 2.72. The van der Waals surface area contributed by atoms with E-state index in [0.717, 1.165) is 27.7 Å². The van der Waals surface area contributed by atoms with Gasteiger partial charge in [-0.25, -0.2) is 4.39 Å². The Balaban J connectivity index is 3.55. The zero-order chi connectivity index (χ0) is 12.5. The van der Waals surface area contributed by atoms with E-state index in [9.17, 15) is 22.0 Å². The summed E-state index contributed by atoms with van der Waals surface area (Å²) < 4.78 is 67.7. The predicted molar refractivity (Wildman–Crippen MR) is 47.0 cm³/mol. The quantitative estimate of drug-likeness (QED) is 0.551. The third-order valence-electron chi connectivity index (χ3n) is 4.51. The molecule has 90 valence electrons. The lowest BCUT2D eigenvalue weighted by Crippen LogP contribution is -2.51. The van der Waals surface area contributed by atoms with Gasteiger partial charge in [-0.1, -0.05) is 27.7 Å². The minimum absolute atomic E-state index is 0.551. The molecule has 0 radical (unpaired) electrons. The summed E-state index contributed by atoms with van der Waals surface area (Å²) in [4.78, 5) is 0. The SMILES string of the molecule is CC1(C)C(C)(C)C(F)(F)C(F)(F)C1(C)F. The minimum atomic E-state index is -4.65. The average molecular weight is 230 g/mol. The first-order valence-corrected chi connectivity index (χ1v) is 4.69. The summed E-state index contributed by atoms with van der Waals surface area (Å²) in [5.74, 6) is -9.00. The summed E-state index contributed by atoms with van der Waals surface area (Å²) in [6.07, 6.45) is 0. The zero-order valence-corrected chi connectivity index (χ0v) is 9.39. The molecule has 1 saturated carbocycles. The maximum atomic E-state index is 13.9. The first-order chi connectivity index (χ1) is 6.25. The Bertz CT molecular complexity index is 199. The van der Waals surface area contributed by atoms with Crippen LogP contribution in [0.2, 0.25) is 0 Å². The first kappa shape index (κ1) is 12.7. The van der Waals surface area contributed by atoms with Gasteiger partial charge < -0.3 is 0 Å². The standard InChI is InChI=1S/C10H15F5/c1-6(2)7(3,4)9(12,13)10(14,15)8(6,5)11/h1-5H3. The third kappa shape index (κ3) is 0.929. The number of rotatable bonds is 0. The molecule has 1 atom stereocenters. The highest BCUT2D eigenvalue weighted by molar-refractivity contribution is 5.23. The molecule has 0 saturated heterocycles. The van der Waals surface area contributed by atoms with Crippen LogP contribution in [-0.4, -0.2) is 17.5 Å². The fraction of sp³-hybridized carbons (Fsp3) is 1.00. The van der Waals surface area contributed by atoms with Crippen LogP contribution in [0.5, 0.6) is 0 Å². The molecule has 5 heteroatoms. The average Bonchev–Trinajstić information content (AvgIpc) is 2.04. The number of halogens is 5. The van der Waals surface area contributed by atoms with Crippen molar-refractivity contribution in [3.63, 3.8) is 0 Å². The molecule has 1 rings (SSSR count). The van der Waals surface area contributed by atoms with Gasteiger partial charge in [-0.05, 0) is 6.92 Å². The highest BCUT2D eigenvalue weighted by atomic mass is 19.3. The lowest BCUT2D eigenvalue weighted by Gasteiger charge is -2.40. The van der Waals surface area contributed by atoms with Gasteiger partial charge in [0.2, 0.25) is 0 Å². The van der Waals surface area contributed by atoms with Crippen molar-refractivity contribution in [2.24, 2.45) is 10.8 Å². The number of hydrogen-bond acceptors (Lipinski definition) is 0. The summed E-state index contributed by atoms with van der Waals surface area (Å²) >= 11 is 0. The Morgan fingerprint density at radius 1 is 0.533 bits per heavy atom. The van der Waals surface area contributed by atoms with E-state index in [1.807, 2.05) is 0 Å². The third-order valence-corrected chi connectivity index (χ3v) is 4.51. The molecule has 1 aliphatic carbocycles. The van der Waals surface area contributed by atoms with Crippen LogP contribution >= 0.6 is 0 Å². The molecule has 1 fully saturated rings. The molecule has 0 aliphatic heterocycles. The minimum Gasteiger partial charge on any atom is -0.237 e. The van der Waals surface area contributed by atoms with Gasteiger partial charge >= 0.3 is 11.8 Å². The molecule has 0 spiro atoms. The lowest BCUT2D eigenvalue weighted by molar-refractivity contribution is -0.254. The second kappa shape index (κ2) is 2.48. The molecule has 15 heavy (non-hydrogen) atoms. The summed E-state index contributed by atoms with van der Waals surface area (Å²) in [5, 5.41) is 0. The first-order valence-electron chi connectivity index (χ1n) is 4.69. The van der Waals surface area contributed by atoms with Crippen LogP contribution in [-0.2, 0) is 0 Å². The fourth-order valence-electron chi connectivity index (χ4n) is 2.06. The van der Waals surface area contributed by atoms with Crippen molar-refractivity contribution in [3.8, 4) is 0 Å². The molecule has 1 unspecified atom stereocenters. The van der Waals surface area contributed by atoms with Crippen molar-refractivity contribution in [1.29, 1.82) is 0 Å². The van der Waals surface area contributed by atoms with E-state index in [-0.39, 0.29) is 0 Å². The van der Waals surface area contributed by atoms with Gasteiger partial charge in [-0.3, -0.25) is 0 Å². The van der Waals surface area contributed by atoms with E-state index >= 15 is 0 Å². The topological polar surface area (TPSA) is 0 Å². The molecule has 0 amide bonds.